The second kappa shape index (κ2) is 6.93. The van der Waals surface area contributed by atoms with Crippen molar-refractivity contribution in [2.45, 2.75) is 25.7 Å². The third kappa shape index (κ3) is 4.91. The van der Waals surface area contributed by atoms with E-state index in [2.05, 4.69) is 5.32 Å². The molecule has 1 amide bonds. The highest BCUT2D eigenvalue weighted by molar-refractivity contribution is 5.95. The fourth-order valence-corrected chi connectivity index (χ4v) is 1.93. The summed E-state index contributed by atoms with van der Waals surface area (Å²) in [5.41, 5.74) is 0.427. The summed E-state index contributed by atoms with van der Waals surface area (Å²) >= 11 is 0. The molecule has 0 radical (unpaired) electrons. The average Bonchev–Trinajstić information content (AvgIpc) is 3.26. The van der Waals surface area contributed by atoms with Gasteiger partial charge in [-0.15, -0.1) is 0 Å². The molecule has 1 aliphatic rings. The van der Waals surface area contributed by atoms with Crippen molar-refractivity contribution in [1.82, 2.24) is 5.32 Å². The number of aliphatic carboxylic acids is 1. The molecule has 0 unspecified atom stereocenters. The predicted octanol–water partition coefficient (Wildman–Crippen LogP) is 2.07. The molecular formula is C15H19NO4. The average molecular weight is 277 g/mol. The Kier molecular flexibility index (Phi) is 4.98. The molecule has 5 nitrogen and oxygen atoms in total. The minimum absolute atomic E-state index is 0.377. The Morgan fingerprint density at radius 1 is 1.25 bits per heavy atom. The molecule has 2 N–H and O–H groups in total. The van der Waals surface area contributed by atoms with Crippen LogP contribution in [0.2, 0.25) is 0 Å². The topological polar surface area (TPSA) is 75.6 Å². The van der Waals surface area contributed by atoms with E-state index in [9.17, 15) is 9.59 Å². The largest absolute Gasteiger partial charge is 0.494 e. The van der Waals surface area contributed by atoms with Gasteiger partial charge in [0.2, 0.25) is 0 Å². The van der Waals surface area contributed by atoms with Gasteiger partial charge in [-0.3, -0.25) is 9.59 Å². The number of carbonyl (C=O) groups excluding carboxylic acids is 1. The molecule has 0 bridgehead atoms. The zero-order valence-corrected chi connectivity index (χ0v) is 11.3. The first-order valence-corrected chi connectivity index (χ1v) is 6.88. The van der Waals surface area contributed by atoms with Crippen molar-refractivity contribution in [2.75, 3.05) is 13.2 Å². The molecule has 1 fully saturated rings. The van der Waals surface area contributed by atoms with E-state index in [-0.39, 0.29) is 6.54 Å². The lowest BCUT2D eigenvalue weighted by Crippen LogP contribution is -2.29. The van der Waals surface area contributed by atoms with E-state index in [1.165, 1.54) is 19.3 Å². The van der Waals surface area contributed by atoms with E-state index < -0.39 is 11.9 Å². The standard InChI is InChI=1S/C15H19NO4/c17-14(18)10-16-15(19)12-5-7-13(8-6-12)20-9-1-2-11-3-4-11/h5-8,11H,1-4,9-10H2,(H,16,19)(H,17,18). The van der Waals surface area contributed by atoms with Gasteiger partial charge in [0, 0.05) is 5.56 Å². The molecule has 1 aliphatic carbocycles. The van der Waals surface area contributed by atoms with Crippen LogP contribution in [0.5, 0.6) is 5.75 Å². The Labute approximate surface area is 117 Å². The summed E-state index contributed by atoms with van der Waals surface area (Å²) in [5.74, 6) is 0.191. The van der Waals surface area contributed by atoms with Crippen molar-refractivity contribution in [3.05, 3.63) is 29.8 Å². The summed E-state index contributed by atoms with van der Waals surface area (Å²) in [6.07, 6.45) is 5.02. The first kappa shape index (κ1) is 14.4. The van der Waals surface area contributed by atoms with Gasteiger partial charge in [-0.05, 0) is 43.0 Å². The summed E-state index contributed by atoms with van der Waals surface area (Å²) in [5, 5.41) is 10.8. The maximum atomic E-state index is 11.6. The first-order chi connectivity index (χ1) is 9.65. The maximum Gasteiger partial charge on any atom is 0.322 e. The van der Waals surface area contributed by atoms with E-state index in [4.69, 9.17) is 9.84 Å². The van der Waals surface area contributed by atoms with Crippen molar-refractivity contribution in [3.63, 3.8) is 0 Å². The third-order valence-electron chi connectivity index (χ3n) is 3.24. The van der Waals surface area contributed by atoms with Gasteiger partial charge in [-0.25, -0.2) is 0 Å². The van der Waals surface area contributed by atoms with Gasteiger partial charge < -0.3 is 15.2 Å². The Bertz CT molecular complexity index is 465. The van der Waals surface area contributed by atoms with Gasteiger partial charge in [0.15, 0.2) is 0 Å². The molecule has 0 heterocycles. The van der Waals surface area contributed by atoms with Crippen LogP contribution in [-0.4, -0.2) is 30.1 Å². The molecule has 20 heavy (non-hydrogen) atoms. The number of ether oxygens (including phenoxy) is 1. The fourth-order valence-electron chi connectivity index (χ4n) is 1.93. The second-order valence-electron chi connectivity index (χ2n) is 5.03. The molecule has 108 valence electrons. The molecular weight excluding hydrogens is 258 g/mol. The van der Waals surface area contributed by atoms with E-state index in [0.717, 1.165) is 18.1 Å². The first-order valence-electron chi connectivity index (χ1n) is 6.88. The SMILES string of the molecule is O=C(O)CNC(=O)c1ccc(OCCCC2CC2)cc1. The predicted molar refractivity (Wildman–Crippen MR) is 73.9 cm³/mol. The van der Waals surface area contributed by atoms with Gasteiger partial charge in [0.05, 0.1) is 6.61 Å². The fraction of sp³-hybridized carbons (Fsp3) is 0.467. The van der Waals surface area contributed by atoms with Crippen molar-refractivity contribution in [2.24, 2.45) is 5.92 Å². The van der Waals surface area contributed by atoms with Crippen LogP contribution in [0.25, 0.3) is 0 Å². The van der Waals surface area contributed by atoms with Crippen molar-refractivity contribution in [1.29, 1.82) is 0 Å². The summed E-state index contributed by atoms with van der Waals surface area (Å²) < 4.78 is 5.59. The molecule has 0 aromatic heterocycles. The number of nitrogens with one attached hydrogen (secondary N) is 1. The number of carboxylic acid groups (broad SMARTS) is 1. The summed E-state index contributed by atoms with van der Waals surface area (Å²) in [7, 11) is 0. The lowest BCUT2D eigenvalue weighted by atomic mass is 10.2. The lowest BCUT2D eigenvalue weighted by Gasteiger charge is -2.07. The summed E-state index contributed by atoms with van der Waals surface area (Å²) in [6, 6.07) is 6.72. The quantitative estimate of drug-likeness (QED) is 0.713. The van der Waals surface area contributed by atoms with Crippen LogP contribution in [-0.2, 0) is 4.79 Å². The normalized spacial score (nSPS) is 13.8. The molecule has 2 rings (SSSR count). The smallest absolute Gasteiger partial charge is 0.322 e. The highest BCUT2D eigenvalue weighted by Gasteiger charge is 2.20. The van der Waals surface area contributed by atoms with E-state index >= 15 is 0 Å². The molecule has 0 spiro atoms. The minimum Gasteiger partial charge on any atom is -0.494 e. The Hall–Kier alpha value is -2.04. The highest BCUT2D eigenvalue weighted by Crippen LogP contribution is 2.33. The number of carboxylic acids is 1. The number of hydrogen-bond acceptors (Lipinski definition) is 3. The van der Waals surface area contributed by atoms with E-state index in [1.54, 1.807) is 24.3 Å². The molecule has 5 heteroatoms. The Morgan fingerprint density at radius 3 is 2.55 bits per heavy atom. The summed E-state index contributed by atoms with van der Waals surface area (Å²) in [6.45, 7) is 0.319. The molecule has 1 saturated carbocycles. The van der Waals surface area contributed by atoms with Crippen molar-refractivity contribution in [3.8, 4) is 5.75 Å². The Balaban J connectivity index is 1.73. The van der Waals surface area contributed by atoms with Gasteiger partial charge in [-0.2, -0.15) is 0 Å². The molecule has 0 atom stereocenters. The number of hydrogen-bond donors (Lipinski definition) is 2. The zero-order chi connectivity index (χ0) is 14.4. The zero-order valence-electron chi connectivity index (χ0n) is 11.3. The van der Waals surface area contributed by atoms with Crippen LogP contribution in [0.3, 0.4) is 0 Å². The van der Waals surface area contributed by atoms with Gasteiger partial charge in [0.25, 0.3) is 5.91 Å². The Morgan fingerprint density at radius 2 is 1.95 bits per heavy atom. The lowest BCUT2D eigenvalue weighted by molar-refractivity contribution is -0.135. The van der Waals surface area contributed by atoms with Crippen molar-refractivity contribution >= 4 is 11.9 Å². The maximum absolute atomic E-state index is 11.6. The highest BCUT2D eigenvalue weighted by atomic mass is 16.5. The van der Waals surface area contributed by atoms with E-state index in [0.29, 0.717) is 12.2 Å². The molecule has 1 aromatic carbocycles. The number of amides is 1. The summed E-state index contributed by atoms with van der Waals surface area (Å²) in [4.78, 5) is 21.9. The second-order valence-corrected chi connectivity index (χ2v) is 5.03. The number of carbonyl (C=O) groups is 2. The molecule has 0 aliphatic heterocycles. The van der Waals surface area contributed by atoms with Crippen LogP contribution in [0.1, 0.15) is 36.0 Å². The van der Waals surface area contributed by atoms with Crippen LogP contribution < -0.4 is 10.1 Å². The molecule has 0 saturated heterocycles. The van der Waals surface area contributed by atoms with Crippen LogP contribution in [0, 0.1) is 5.92 Å². The van der Waals surface area contributed by atoms with E-state index in [1.807, 2.05) is 0 Å². The van der Waals surface area contributed by atoms with Crippen LogP contribution >= 0.6 is 0 Å². The van der Waals surface area contributed by atoms with Crippen molar-refractivity contribution < 1.29 is 19.4 Å². The number of benzene rings is 1. The monoisotopic (exact) mass is 277 g/mol. The van der Waals surface area contributed by atoms with Crippen LogP contribution in [0.15, 0.2) is 24.3 Å². The van der Waals surface area contributed by atoms with Gasteiger partial charge in [0.1, 0.15) is 12.3 Å². The molecule has 1 aromatic rings. The number of rotatable bonds is 8. The third-order valence-corrected chi connectivity index (χ3v) is 3.24. The minimum atomic E-state index is -1.06. The van der Waals surface area contributed by atoms with Gasteiger partial charge in [-0.1, -0.05) is 12.8 Å². The van der Waals surface area contributed by atoms with Gasteiger partial charge >= 0.3 is 5.97 Å². The van der Waals surface area contributed by atoms with Crippen LogP contribution in [0.4, 0.5) is 0 Å².